The zero-order valence-electron chi connectivity index (χ0n) is 13.3. The van der Waals surface area contributed by atoms with Crippen LogP contribution in [0.5, 0.6) is 0 Å². The monoisotopic (exact) mass is 426 g/mol. The Bertz CT molecular complexity index is 570. The molecule has 1 nitrogen and oxygen atoms in total. The average Bonchev–Trinajstić information content (AvgIpc) is 3.14. The maximum Gasteiger partial charge on any atom is 2.00 e. The van der Waals surface area contributed by atoms with Gasteiger partial charge in [0.2, 0.25) is 0 Å². The van der Waals surface area contributed by atoms with E-state index in [1.54, 1.807) is 0 Å². The fourth-order valence-corrected chi connectivity index (χ4v) is 3.69. The van der Waals surface area contributed by atoms with Gasteiger partial charge in [-0.2, -0.15) is 0 Å². The second-order valence-electron chi connectivity index (χ2n) is 6.09. The van der Waals surface area contributed by atoms with Gasteiger partial charge in [-0.25, -0.2) is 0 Å². The predicted molar refractivity (Wildman–Crippen MR) is 84.4 cm³/mol. The van der Waals surface area contributed by atoms with Gasteiger partial charge in [-0.3, -0.25) is 0 Å². The molecule has 2 aliphatic rings. The van der Waals surface area contributed by atoms with Gasteiger partial charge in [0, 0.05) is 18.4 Å². The standard InChI is InChI=1S/C19H22O.2ClH.Zr/c1-19(13-6-14-20,16-8-3-4-9-16)18-12-11-15-7-2-5-10-17(15)18;;;/h2-5,7-12,16,18,20H,6,13-14H2,1H3;2*1H;/q;;;+2/p-2. The average molecular weight is 429 g/mol. The first kappa shape index (κ1) is 22.9. The molecule has 2 unspecified atom stereocenters. The molecular formula is C19H22Cl2OZr. The molecule has 0 bridgehead atoms. The van der Waals surface area contributed by atoms with Gasteiger partial charge in [-0.15, -0.1) is 0 Å². The first-order valence-electron chi connectivity index (χ1n) is 7.49. The van der Waals surface area contributed by atoms with E-state index in [1.165, 1.54) is 11.1 Å². The summed E-state index contributed by atoms with van der Waals surface area (Å²) in [5.41, 5.74) is 2.91. The Hall–Kier alpha value is -0.137. The normalized spacial score (nSPS) is 20.2. The largest absolute Gasteiger partial charge is 2.00 e. The molecule has 0 amide bonds. The molecule has 122 valence electrons. The van der Waals surface area contributed by atoms with E-state index in [4.69, 9.17) is 0 Å². The van der Waals surface area contributed by atoms with E-state index in [-0.39, 0.29) is 63.0 Å². The Kier molecular flexibility index (Phi) is 9.93. The number of aliphatic hydroxyl groups is 1. The van der Waals surface area contributed by atoms with E-state index in [9.17, 15) is 5.11 Å². The van der Waals surface area contributed by atoms with Gasteiger partial charge in [0.1, 0.15) is 0 Å². The fourth-order valence-electron chi connectivity index (χ4n) is 3.69. The first-order chi connectivity index (χ1) is 9.75. The summed E-state index contributed by atoms with van der Waals surface area (Å²) < 4.78 is 0. The Morgan fingerprint density at radius 3 is 2.35 bits per heavy atom. The van der Waals surface area contributed by atoms with Crippen molar-refractivity contribution in [1.29, 1.82) is 0 Å². The van der Waals surface area contributed by atoms with Crippen LogP contribution >= 0.6 is 0 Å². The van der Waals surface area contributed by atoms with Crippen molar-refractivity contribution in [2.24, 2.45) is 11.3 Å². The van der Waals surface area contributed by atoms with Crippen LogP contribution in [0.15, 0.2) is 54.6 Å². The molecule has 4 heteroatoms. The van der Waals surface area contributed by atoms with E-state index in [0.717, 1.165) is 12.8 Å². The summed E-state index contributed by atoms with van der Waals surface area (Å²) in [6.07, 6.45) is 15.4. The van der Waals surface area contributed by atoms with Crippen molar-refractivity contribution in [2.45, 2.75) is 25.7 Å². The van der Waals surface area contributed by atoms with Gasteiger partial charge in [-0.1, -0.05) is 67.6 Å². The number of rotatable bonds is 5. The number of benzene rings is 1. The van der Waals surface area contributed by atoms with Crippen LogP contribution in [0.3, 0.4) is 0 Å². The van der Waals surface area contributed by atoms with Crippen LogP contribution < -0.4 is 24.8 Å². The molecule has 2 atom stereocenters. The Morgan fingerprint density at radius 2 is 1.70 bits per heavy atom. The molecular weight excluding hydrogens is 406 g/mol. The second-order valence-corrected chi connectivity index (χ2v) is 6.09. The molecule has 0 saturated carbocycles. The van der Waals surface area contributed by atoms with Gasteiger partial charge in [0.05, 0.1) is 0 Å². The van der Waals surface area contributed by atoms with Gasteiger partial charge in [0.25, 0.3) is 0 Å². The predicted octanol–water partition coefficient (Wildman–Crippen LogP) is -1.68. The van der Waals surface area contributed by atoms with Gasteiger partial charge < -0.3 is 29.9 Å². The van der Waals surface area contributed by atoms with Crippen LogP contribution in [0, 0.1) is 11.3 Å². The summed E-state index contributed by atoms with van der Waals surface area (Å²) in [6, 6.07) is 8.68. The fraction of sp³-hybridized carbons (Fsp3) is 0.368. The van der Waals surface area contributed by atoms with Crippen LogP contribution in [-0.4, -0.2) is 11.7 Å². The zero-order chi connectivity index (χ0) is 14.0. The number of aliphatic hydroxyl groups excluding tert-OH is 1. The Balaban J connectivity index is 0.00000161. The third kappa shape index (κ3) is 4.48. The molecule has 0 aromatic heterocycles. The van der Waals surface area contributed by atoms with Crippen molar-refractivity contribution in [2.75, 3.05) is 6.61 Å². The Morgan fingerprint density at radius 1 is 1.04 bits per heavy atom. The first-order valence-corrected chi connectivity index (χ1v) is 7.49. The van der Waals surface area contributed by atoms with E-state index in [0.29, 0.717) is 11.8 Å². The molecule has 0 fully saturated rings. The van der Waals surface area contributed by atoms with Crippen molar-refractivity contribution in [3.63, 3.8) is 0 Å². The molecule has 1 aromatic rings. The van der Waals surface area contributed by atoms with Crippen LogP contribution in [-0.2, 0) is 26.2 Å². The van der Waals surface area contributed by atoms with Crippen molar-refractivity contribution in [3.8, 4) is 0 Å². The van der Waals surface area contributed by atoms with Crippen molar-refractivity contribution in [3.05, 3.63) is 65.8 Å². The SMILES string of the molecule is CC(CCCO)(C1C=CC=C1)C1C=Cc2ccccc21.[Cl-].[Cl-].[Zr+2]. The summed E-state index contributed by atoms with van der Waals surface area (Å²) in [4.78, 5) is 0. The summed E-state index contributed by atoms with van der Waals surface area (Å²) in [5.74, 6) is 0.887. The quantitative estimate of drug-likeness (QED) is 0.595. The number of allylic oxidation sites excluding steroid dienone is 5. The summed E-state index contributed by atoms with van der Waals surface area (Å²) in [7, 11) is 0. The van der Waals surface area contributed by atoms with Gasteiger partial charge >= 0.3 is 26.2 Å². The minimum atomic E-state index is 0. The minimum Gasteiger partial charge on any atom is -1.00 e. The van der Waals surface area contributed by atoms with Gasteiger partial charge in [0.15, 0.2) is 0 Å². The molecule has 0 saturated heterocycles. The van der Waals surface area contributed by atoms with Crippen molar-refractivity contribution >= 4 is 6.08 Å². The molecule has 3 rings (SSSR count). The summed E-state index contributed by atoms with van der Waals surface area (Å²) in [5, 5.41) is 9.26. The number of hydrogen-bond donors (Lipinski definition) is 1. The molecule has 0 radical (unpaired) electrons. The van der Waals surface area contributed by atoms with Crippen LogP contribution in [0.25, 0.3) is 6.08 Å². The van der Waals surface area contributed by atoms with E-state index < -0.39 is 0 Å². The molecule has 0 heterocycles. The Labute approximate surface area is 170 Å². The summed E-state index contributed by atoms with van der Waals surface area (Å²) >= 11 is 0. The van der Waals surface area contributed by atoms with Crippen LogP contribution in [0.2, 0.25) is 0 Å². The van der Waals surface area contributed by atoms with Crippen LogP contribution in [0.1, 0.15) is 36.8 Å². The molecule has 0 aliphatic heterocycles. The van der Waals surface area contributed by atoms with E-state index >= 15 is 0 Å². The third-order valence-corrected chi connectivity index (χ3v) is 4.89. The van der Waals surface area contributed by atoms with Crippen molar-refractivity contribution in [1.82, 2.24) is 0 Å². The smallest absolute Gasteiger partial charge is 1.00 e. The topological polar surface area (TPSA) is 20.2 Å². The summed E-state index contributed by atoms with van der Waals surface area (Å²) in [6.45, 7) is 2.64. The number of fused-ring (bicyclic) bond motifs is 1. The maximum absolute atomic E-state index is 9.26. The third-order valence-electron chi connectivity index (χ3n) is 4.89. The van der Waals surface area contributed by atoms with E-state index in [1.807, 2.05) is 0 Å². The van der Waals surface area contributed by atoms with Gasteiger partial charge in [-0.05, 0) is 29.4 Å². The molecule has 1 aromatic carbocycles. The van der Waals surface area contributed by atoms with E-state index in [2.05, 4.69) is 67.6 Å². The zero-order valence-corrected chi connectivity index (χ0v) is 17.2. The number of hydrogen-bond acceptors (Lipinski definition) is 1. The maximum atomic E-state index is 9.26. The number of halogens is 2. The van der Waals surface area contributed by atoms with Crippen LogP contribution in [0.4, 0.5) is 0 Å². The molecule has 2 aliphatic carbocycles. The molecule has 0 spiro atoms. The molecule has 1 N–H and O–H groups in total. The second kappa shape index (κ2) is 9.99. The molecule has 23 heavy (non-hydrogen) atoms. The van der Waals surface area contributed by atoms with Crippen molar-refractivity contribution < 1.29 is 56.1 Å². The minimum absolute atomic E-state index is 0.